The molecule has 0 bridgehead atoms. The zero-order valence-electron chi connectivity index (χ0n) is 11.4. The van der Waals surface area contributed by atoms with Gasteiger partial charge >= 0.3 is 0 Å². The van der Waals surface area contributed by atoms with Crippen molar-refractivity contribution in [1.82, 2.24) is 10.3 Å². The van der Waals surface area contributed by atoms with E-state index in [0.29, 0.717) is 6.04 Å². The lowest BCUT2D eigenvalue weighted by Gasteiger charge is -2.17. The molecule has 3 heteroatoms. The van der Waals surface area contributed by atoms with Crippen molar-refractivity contribution < 1.29 is 0 Å². The monoisotopic (exact) mass is 274 g/mol. The highest BCUT2D eigenvalue weighted by atomic mass is 35.5. The van der Waals surface area contributed by atoms with Gasteiger partial charge in [0.25, 0.3) is 0 Å². The van der Waals surface area contributed by atoms with Crippen LogP contribution in [-0.2, 0) is 12.8 Å². The van der Waals surface area contributed by atoms with Gasteiger partial charge in [-0.3, -0.25) is 4.98 Å². The maximum Gasteiger partial charge on any atom is 0.0441 e. The molecule has 100 valence electrons. The largest absolute Gasteiger partial charge is 0.316 e. The summed E-state index contributed by atoms with van der Waals surface area (Å²) in [5.41, 5.74) is 3.68. The zero-order chi connectivity index (χ0) is 13.7. The van der Waals surface area contributed by atoms with Gasteiger partial charge in [0, 0.05) is 23.5 Å². The number of benzene rings is 1. The number of rotatable bonds is 5. The van der Waals surface area contributed by atoms with Crippen molar-refractivity contribution in [2.45, 2.75) is 25.8 Å². The highest BCUT2D eigenvalue weighted by Gasteiger charge is 2.10. The quantitative estimate of drug-likeness (QED) is 0.904. The number of likely N-dealkylation sites (N-methyl/N-ethyl adjacent to an activating group) is 1. The van der Waals surface area contributed by atoms with Gasteiger partial charge in [0.05, 0.1) is 0 Å². The summed E-state index contributed by atoms with van der Waals surface area (Å²) in [6, 6.07) is 10.7. The first-order chi connectivity index (χ1) is 9.19. The number of pyridine rings is 1. The van der Waals surface area contributed by atoms with Gasteiger partial charge in [0.1, 0.15) is 0 Å². The van der Waals surface area contributed by atoms with Crippen molar-refractivity contribution in [3.8, 4) is 0 Å². The Kier molecular flexibility index (Phi) is 4.94. The van der Waals surface area contributed by atoms with E-state index in [1.54, 1.807) is 0 Å². The third kappa shape index (κ3) is 4.05. The molecule has 19 heavy (non-hydrogen) atoms. The van der Waals surface area contributed by atoms with Gasteiger partial charge in [0.2, 0.25) is 0 Å². The fourth-order valence-corrected chi connectivity index (χ4v) is 2.48. The molecule has 1 unspecified atom stereocenters. The molecule has 1 heterocycles. The van der Waals surface area contributed by atoms with E-state index in [9.17, 15) is 0 Å². The first-order valence-corrected chi connectivity index (χ1v) is 6.88. The molecule has 2 aromatic rings. The lowest BCUT2D eigenvalue weighted by molar-refractivity contribution is 0.556. The Labute approximate surface area is 119 Å². The van der Waals surface area contributed by atoms with Crippen LogP contribution < -0.4 is 5.32 Å². The van der Waals surface area contributed by atoms with Crippen LogP contribution in [0, 0.1) is 6.92 Å². The number of hydrogen-bond donors (Lipinski definition) is 1. The fourth-order valence-electron chi connectivity index (χ4n) is 2.16. The first-order valence-electron chi connectivity index (χ1n) is 6.50. The van der Waals surface area contributed by atoms with Crippen LogP contribution in [0.5, 0.6) is 0 Å². The number of halogens is 1. The molecule has 2 nitrogen and oxygen atoms in total. The molecule has 0 aliphatic rings. The Morgan fingerprint density at radius 1 is 1.16 bits per heavy atom. The first kappa shape index (κ1) is 14.0. The van der Waals surface area contributed by atoms with Crippen molar-refractivity contribution in [3.63, 3.8) is 0 Å². The molecular formula is C16H19ClN2. The summed E-state index contributed by atoms with van der Waals surface area (Å²) in [6.45, 7) is 2.06. The topological polar surface area (TPSA) is 24.9 Å². The lowest BCUT2D eigenvalue weighted by Crippen LogP contribution is -2.30. The molecule has 0 fully saturated rings. The van der Waals surface area contributed by atoms with Crippen LogP contribution in [-0.4, -0.2) is 18.1 Å². The van der Waals surface area contributed by atoms with Crippen LogP contribution >= 0.6 is 11.6 Å². The van der Waals surface area contributed by atoms with Gasteiger partial charge in [-0.1, -0.05) is 23.7 Å². The molecular weight excluding hydrogens is 256 g/mol. The van der Waals surface area contributed by atoms with E-state index in [0.717, 1.165) is 17.9 Å². The van der Waals surface area contributed by atoms with Crippen molar-refractivity contribution in [2.24, 2.45) is 0 Å². The average Bonchev–Trinajstić information content (AvgIpc) is 2.42. The summed E-state index contributed by atoms with van der Waals surface area (Å²) >= 11 is 6.30. The summed E-state index contributed by atoms with van der Waals surface area (Å²) in [5, 5.41) is 4.22. The molecule has 0 saturated heterocycles. The summed E-state index contributed by atoms with van der Waals surface area (Å²) in [4.78, 5) is 4.04. The summed E-state index contributed by atoms with van der Waals surface area (Å²) in [5.74, 6) is 0. The number of aryl methyl sites for hydroxylation is 1. The van der Waals surface area contributed by atoms with Gasteiger partial charge < -0.3 is 5.32 Å². The Bertz CT molecular complexity index is 526. The average molecular weight is 275 g/mol. The molecule has 1 aromatic heterocycles. The van der Waals surface area contributed by atoms with Crippen LogP contribution in [0.15, 0.2) is 42.7 Å². The molecule has 0 radical (unpaired) electrons. The molecule has 2 rings (SSSR count). The van der Waals surface area contributed by atoms with Crippen LogP contribution in [0.2, 0.25) is 5.02 Å². The highest BCUT2D eigenvalue weighted by Crippen LogP contribution is 2.20. The SMILES string of the molecule is CNC(Cc1ccncc1)Cc1ccc(C)cc1Cl. The molecule has 1 N–H and O–H groups in total. The minimum Gasteiger partial charge on any atom is -0.316 e. The molecule has 0 aliphatic carbocycles. The second-order valence-electron chi connectivity index (χ2n) is 4.84. The molecule has 0 spiro atoms. The van der Waals surface area contributed by atoms with Gasteiger partial charge in [-0.2, -0.15) is 0 Å². The van der Waals surface area contributed by atoms with E-state index in [-0.39, 0.29) is 0 Å². The van der Waals surface area contributed by atoms with E-state index in [2.05, 4.69) is 41.5 Å². The van der Waals surface area contributed by atoms with Crippen LogP contribution in [0.3, 0.4) is 0 Å². The van der Waals surface area contributed by atoms with Crippen LogP contribution in [0.25, 0.3) is 0 Å². The van der Waals surface area contributed by atoms with Gasteiger partial charge in [0.15, 0.2) is 0 Å². The molecule has 0 aliphatic heterocycles. The molecule has 1 aromatic carbocycles. The summed E-state index contributed by atoms with van der Waals surface area (Å²) < 4.78 is 0. The predicted octanol–water partition coefficient (Wildman–Crippen LogP) is 3.42. The van der Waals surface area contributed by atoms with E-state index in [1.807, 2.05) is 25.5 Å². The zero-order valence-corrected chi connectivity index (χ0v) is 12.1. The number of nitrogens with one attached hydrogen (secondary N) is 1. The van der Waals surface area contributed by atoms with Gasteiger partial charge in [-0.15, -0.1) is 0 Å². The Balaban J connectivity index is 2.06. The van der Waals surface area contributed by atoms with Gasteiger partial charge in [-0.25, -0.2) is 0 Å². The Hall–Kier alpha value is -1.38. The predicted molar refractivity (Wildman–Crippen MR) is 80.7 cm³/mol. The lowest BCUT2D eigenvalue weighted by atomic mass is 9.99. The molecule has 1 atom stereocenters. The van der Waals surface area contributed by atoms with E-state index in [1.165, 1.54) is 16.7 Å². The van der Waals surface area contributed by atoms with Crippen molar-refractivity contribution >= 4 is 11.6 Å². The second kappa shape index (κ2) is 6.69. The number of aromatic nitrogens is 1. The van der Waals surface area contributed by atoms with E-state index in [4.69, 9.17) is 11.6 Å². The van der Waals surface area contributed by atoms with Crippen molar-refractivity contribution in [1.29, 1.82) is 0 Å². The normalized spacial score (nSPS) is 12.4. The van der Waals surface area contributed by atoms with E-state index < -0.39 is 0 Å². The molecule has 0 amide bonds. The minimum absolute atomic E-state index is 0.377. The second-order valence-corrected chi connectivity index (χ2v) is 5.25. The maximum absolute atomic E-state index is 6.30. The third-order valence-electron chi connectivity index (χ3n) is 3.31. The van der Waals surface area contributed by atoms with Crippen LogP contribution in [0.4, 0.5) is 0 Å². The highest BCUT2D eigenvalue weighted by molar-refractivity contribution is 6.31. The smallest absolute Gasteiger partial charge is 0.0441 e. The Morgan fingerprint density at radius 2 is 1.89 bits per heavy atom. The minimum atomic E-state index is 0.377. The summed E-state index contributed by atoms with van der Waals surface area (Å²) in [6.07, 6.45) is 5.57. The van der Waals surface area contributed by atoms with Gasteiger partial charge in [-0.05, 0) is 61.7 Å². The third-order valence-corrected chi connectivity index (χ3v) is 3.67. The summed E-state index contributed by atoms with van der Waals surface area (Å²) in [7, 11) is 1.99. The maximum atomic E-state index is 6.30. The van der Waals surface area contributed by atoms with Crippen molar-refractivity contribution in [2.75, 3.05) is 7.05 Å². The Morgan fingerprint density at radius 3 is 2.53 bits per heavy atom. The molecule has 0 saturated carbocycles. The number of nitrogens with zero attached hydrogens (tertiary/aromatic N) is 1. The van der Waals surface area contributed by atoms with E-state index >= 15 is 0 Å². The number of hydrogen-bond acceptors (Lipinski definition) is 2. The fraction of sp³-hybridized carbons (Fsp3) is 0.312. The van der Waals surface area contributed by atoms with Crippen LogP contribution in [0.1, 0.15) is 16.7 Å². The van der Waals surface area contributed by atoms with Crippen molar-refractivity contribution in [3.05, 3.63) is 64.4 Å². The standard InChI is InChI=1S/C16H19ClN2/c1-12-3-4-14(16(17)9-12)11-15(18-2)10-13-5-7-19-8-6-13/h3-9,15,18H,10-11H2,1-2H3.